The van der Waals surface area contributed by atoms with Gasteiger partial charge in [0.15, 0.2) is 0 Å². The second-order valence-electron chi connectivity index (χ2n) is 11.5. The Hall–Kier alpha value is -2.19. The highest BCUT2D eigenvalue weighted by Gasteiger charge is 2.74. The van der Waals surface area contributed by atoms with E-state index < -0.39 is 23.5 Å². The van der Waals surface area contributed by atoms with Crippen molar-refractivity contribution in [2.45, 2.75) is 101 Å². The Morgan fingerprint density at radius 1 is 1.08 bits per heavy atom. The van der Waals surface area contributed by atoms with E-state index in [-0.39, 0.29) is 36.5 Å². The fourth-order valence-electron chi connectivity index (χ4n) is 7.56. The maximum absolute atomic E-state index is 14.5. The lowest BCUT2D eigenvalue weighted by Crippen LogP contribution is -2.58. The summed E-state index contributed by atoms with van der Waals surface area (Å²) in [5.74, 6) is -1.44. The van der Waals surface area contributed by atoms with Crippen LogP contribution in [0.2, 0.25) is 0 Å². The van der Waals surface area contributed by atoms with Gasteiger partial charge in [0.2, 0.25) is 17.7 Å². The number of nitrogens with zero attached hydrogens (tertiary/aromatic N) is 3. The molecule has 3 saturated heterocycles. The van der Waals surface area contributed by atoms with E-state index in [2.05, 4.69) is 13.2 Å². The SMILES string of the molecule is C=CCN(CCC)C(=O)[C@@H]1[C@H]2C(=O)N(CCCCCO)C(C(=O)N(CC=C)C3CCCCC3)C23CC[C@H]1O3. The third-order valence-electron chi connectivity index (χ3n) is 9.16. The fourth-order valence-corrected chi connectivity index (χ4v) is 7.56. The van der Waals surface area contributed by atoms with E-state index in [0.29, 0.717) is 51.9 Å². The molecule has 8 nitrogen and oxygen atoms in total. The molecule has 212 valence electrons. The van der Waals surface area contributed by atoms with Crippen molar-refractivity contribution in [2.24, 2.45) is 11.8 Å². The van der Waals surface area contributed by atoms with Gasteiger partial charge < -0.3 is 24.5 Å². The molecular formula is C30H47N3O5. The van der Waals surface area contributed by atoms with Gasteiger partial charge >= 0.3 is 0 Å². The van der Waals surface area contributed by atoms with Gasteiger partial charge in [0.1, 0.15) is 11.6 Å². The molecule has 5 atom stereocenters. The maximum atomic E-state index is 14.5. The van der Waals surface area contributed by atoms with Crippen molar-refractivity contribution in [1.29, 1.82) is 0 Å². The van der Waals surface area contributed by atoms with Crippen molar-refractivity contribution in [3.05, 3.63) is 25.3 Å². The Bertz CT molecular complexity index is 887. The van der Waals surface area contributed by atoms with Crippen LogP contribution in [0.3, 0.4) is 0 Å². The number of likely N-dealkylation sites (tertiary alicyclic amines) is 1. The summed E-state index contributed by atoms with van der Waals surface area (Å²) in [5.41, 5.74) is -0.962. The number of aliphatic hydroxyl groups excluding tert-OH is 1. The number of aliphatic hydroxyl groups is 1. The van der Waals surface area contributed by atoms with Crippen LogP contribution in [-0.4, -0.2) is 94.1 Å². The summed E-state index contributed by atoms with van der Waals surface area (Å²) in [6, 6.07) is -0.586. The quantitative estimate of drug-likeness (QED) is 0.276. The van der Waals surface area contributed by atoms with Gasteiger partial charge in [0.05, 0.1) is 17.9 Å². The standard InChI is InChI=1S/C30H47N3O5/c1-4-17-31(18-5-2)27(35)24-23-15-16-30(38-23)25(24)28(36)33(20-11-8-12-21-34)26(30)29(37)32(19-6-3)22-13-9-7-10-14-22/h4,6,22-26,34H,1,3,5,7-21H2,2H3/t23-,24+,25+,26?,30?/m1/s1. The fraction of sp³-hybridized carbons (Fsp3) is 0.767. The normalized spacial score (nSPS) is 30.4. The van der Waals surface area contributed by atoms with E-state index in [9.17, 15) is 19.5 Å². The van der Waals surface area contributed by atoms with Crippen LogP contribution in [0.1, 0.15) is 77.6 Å². The van der Waals surface area contributed by atoms with Crippen LogP contribution in [0.15, 0.2) is 25.3 Å². The lowest BCUT2D eigenvalue weighted by Gasteiger charge is -2.40. The third kappa shape index (κ3) is 5.18. The van der Waals surface area contributed by atoms with Gasteiger partial charge in [-0.2, -0.15) is 0 Å². The zero-order valence-corrected chi connectivity index (χ0v) is 23.2. The molecule has 4 fully saturated rings. The van der Waals surface area contributed by atoms with Crippen LogP contribution in [0.5, 0.6) is 0 Å². The molecule has 2 unspecified atom stereocenters. The Kier molecular flexibility index (Phi) is 9.69. The Labute approximate surface area is 228 Å². The van der Waals surface area contributed by atoms with Gasteiger partial charge in [-0.1, -0.05) is 38.3 Å². The van der Waals surface area contributed by atoms with E-state index in [1.807, 2.05) is 11.8 Å². The van der Waals surface area contributed by atoms with E-state index in [0.717, 1.165) is 38.5 Å². The second-order valence-corrected chi connectivity index (χ2v) is 11.5. The van der Waals surface area contributed by atoms with E-state index >= 15 is 0 Å². The summed E-state index contributed by atoms with van der Waals surface area (Å²) in [7, 11) is 0. The molecule has 3 amide bonds. The van der Waals surface area contributed by atoms with Gasteiger partial charge in [0, 0.05) is 38.8 Å². The summed E-state index contributed by atoms with van der Waals surface area (Å²) >= 11 is 0. The number of ether oxygens (including phenoxy) is 1. The topological polar surface area (TPSA) is 90.4 Å². The van der Waals surface area contributed by atoms with Crippen LogP contribution in [0, 0.1) is 11.8 Å². The van der Waals surface area contributed by atoms with Gasteiger partial charge in [-0.3, -0.25) is 14.4 Å². The minimum absolute atomic E-state index is 0.0553. The van der Waals surface area contributed by atoms with Crippen molar-refractivity contribution in [2.75, 3.05) is 32.8 Å². The highest BCUT2D eigenvalue weighted by molar-refractivity contribution is 5.99. The Balaban J connectivity index is 1.68. The van der Waals surface area contributed by atoms with Crippen molar-refractivity contribution >= 4 is 17.7 Å². The molecule has 38 heavy (non-hydrogen) atoms. The van der Waals surface area contributed by atoms with Crippen LogP contribution < -0.4 is 0 Å². The Morgan fingerprint density at radius 3 is 2.47 bits per heavy atom. The van der Waals surface area contributed by atoms with E-state index in [1.54, 1.807) is 22.0 Å². The van der Waals surface area contributed by atoms with Gasteiger partial charge in [-0.15, -0.1) is 13.2 Å². The molecule has 0 radical (unpaired) electrons. The van der Waals surface area contributed by atoms with Crippen LogP contribution in [0.4, 0.5) is 0 Å². The van der Waals surface area contributed by atoms with Gasteiger partial charge in [-0.25, -0.2) is 0 Å². The van der Waals surface area contributed by atoms with Crippen molar-refractivity contribution in [3.8, 4) is 0 Å². The largest absolute Gasteiger partial charge is 0.396 e. The number of fused-ring (bicyclic) bond motifs is 1. The van der Waals surface area contributed by atoms with Gasteiger partial charge in [-0.05, 0) is 51.4 Å². The first-order valence-corrected chi connectivity index (χ1v) is 14.8. The van der Waals surface area contributed by atoms with Crippen LogP contribution in [-0.2, 0) is 19.1 Å². The molecule has 1 N–H and O–H groups in total. The molecule has 0 aromatic rings. The van der Waals surface area contributed by atoms with Crippen molar-refractivity contribution in [3.63, 3.8) is 0 Å². The number of hydrogen-bond donors (Lipinski definition) is 1. The molecule has 2 bridgehead atoms. The first-order valence-electron chi connectivity index (χ1n) is 14.8. The molecule has 4 rings (SSSR count). The third-order valence-corrected chi connectivity index (χ3v) is 9.16. The molecular weight excluding hydrogens is 482 g/mol. The second kappa shape index (κ2) is 12.8. The van der Waals surface area contributed by atoms with Gasteiger partial charge in [0.25, 0.3) is 0 Å². The summed E-state index contributed by atoms with van der Waals surface area (Å²) < 4.78 is 6.65. The summed E-state index contributed by atoms with van der Waals surface area (Å²) in [4.78, 5) is 48.0. The van der Waals surface area contributed by atoms with Crippen LogP contribution in [0.25, 0.3) is 0 Å². The summed E-state index contributed by atoms with van der Waals surface area (Å²) in [5, 5.41) is 9.26. The number of hydrogen-bond acceptors (Lipinski definition) is 5. The summed E-state index contributed by atoms with van der Waals surface area (Å²) in [6.45, 7) is 11.8. The minimum Gasteiger partial charge on any atom is -0.396 e. The smallest absolute Gasteiger partial charge is 0.248 e. The first kappa shape index (κ1) is 28.8. The molecule has 1 aliphatic carbocycles. The van der Waals surface area contributed by atoms with Crippen molar-refractivity contribution in [1.82, 2.24) is 14.7 Å². The lowest BCUT2D eigenvalue weighted by molar-refractivity contribution is -0.150. The molecule has 4 aliphatic rings. The van der Waals surface area contributed by atoms with E-state index in [4.69, 9.17) is 4.74 Å². The minimum atomic E-state index is -0.962. The Morgan fingerprint density at radius 2 is 1.82 bits per heavy atom. The average Bonchev–Trinajstić information content (AvgIpc) is 3.57. The molecule has 3 aliphatic heterocycles. The zero-order valence-electron chi connectivity index (χ0n) is 23.2. The first-order chi connectivity index (χ1) is 18.4. The molecule has 3 heterocycles. The maximum Gasteiger partial charge on any atom is 0.248 e. The number of carbonyl (C=O) groups excluding carboxylic acids is 3. The number of unbranched alkanes of at least 4 members (excludes halogenated alkanes) is 2. The molecule has 0 aromatic heterocycles. The molecule has 0 aromatic carbocycles. The monoisotopic (exact) mass is 529 g/mol. The number of rotatable bonds is 14. The lowest BCUT2D eigenvalue weighted by atomic mass is 9.70. The molecule has 8 heteroatoms. The van der Waals surface area contributed by atoms with Crippen LogP contribution >= 0.6 is 0 Å². The highest BCUT2D eigenvalue weighted by atomic mass is 16.5. The number of amides is 3. The van der Waals surface area contributed by atoms with Crippen molar-refractivity contribution < 1.29 is 24.2 Å². The summed E-state index contributed by atoms with van der Waals surface area (Å²) in [6.07, 6.45) is 12.7. The predicted molar refractivity (Wildman–Crippen MR) is 146 cm³/mol. The predicted octanol–water partition coefficient (Wildman–Crippen LogP) is 3.30. The average molecular weight is 530 g/mol. The molecule has 1 spiro atoms. The zero-order chi connectivity index (χ0) is 27.3. The molecule has 1 saturated carbocycles. The van der Waals surface area contributed by atoms with E-state index in [1.165, 1.54) is 6.42 Å². The number of carbonyl (C=O) groups is 3. The highest BCUT2D eigenvalue weighted by Crippen LogP contribution is 2.59.